The van der Waals surface area contributed by atoms with Crippen LogP contribution in [0.2, 0.25) is 0 Å². The SMILES string of the molecule is C=CCCCOc1ccnc2c(F)cccc12. The Morgan fingerprint density at radius 2 is 2.24 bits per heavy atom. The molecule has 0 amide bonds. The fourth-order valence-corrected chi connectivity index (χ4v) is 1.65. The number of unbranched alkanes of at least 4 members (excludes halogenated alkanes) is 1. The molecule has 1 aromatic carbocycles. The minimum Gasteiger partial charge on any atom is -0.493 e. The second-order valence-electron chi connectivity index (χ2n) is 3.72. The first-order chi connectivity index (χ1) is 8.33. The van der Waals surface area contributed by atoms with Gasteiger partial charge in [0.1, 0.15) is 17.1 Å². The van der Waals surface area contributed by atoms with E-state index in [-0.39, 0.29) is 5.82 Å². The van der Waals surface area contributed by atoms with Crippen molar-refractivity contribution in [3.8, 4) is 5.75 Å². The van der Waals surface area contributed by atoms with Gasteiger partial charge in [0.15, 0.2) is 0 Å². The van der Waals surface area contributed by atoms with Crippen LogP contribution in [0, 0.1) is 5.82 Å². The summed E-state index contributed by atoms with van der Waals surface area (Å²) in [6.45, 7) is 4.25. The van der Waals surface area contributed by atoms with Gasteiger partial charge in [-0.2, -0.15) is 0 Å². The minimum atomic E-state index is -0.320. The van der Waals surface area contributed by atoms with Gasteiger partial charge in [-0.05, 0) is 31.0 Å². The molecule has 17 heavy (non-hydrogen) atoms. The molecular formula is C14H14FNO. The summed E-state index contributed by atoms with van der Waals surface area (Å²) in [5, 5.41) is 0.714. The Bertz CT molecular complexity index is 525. The summed E-state index contributed by atoms with van der Waals surface area (Å²) in [4.78, 5) is 4.01. The van der Waals surface area contributed by atoms with Crippen LogP contribution in [0.4, 0.5) is 4.39 Å². The zero-order chi connectivity index (χ0) is 12.1. The van der Waals surface area contributed by atoms with Crippen molar-refractivity contribution in [3.63, 3.8) is 0 Å². The number of halogens is 1. The summed E-state index contributed by atoms with van der Waals surface area (Å²) in [5.41, 5.74) is 0.355. The van der Waals surface area contributed by atoms with Crippen molar-refractivity contribution < 1.29 is 9.13 Å². The molecule has 3 heteroatoms. The summed E-state index contributed by atoms with van der Waals surface area (Å²) in [6.07, 6.45) is 5.24. The number of para-hydroxylation sites is 1. The summed E-state index contributed by atoms with van der Waals surface area (Å²) < 4.78 is 19.1. The maximum atomic E-state index is 13.5. The summed E-state index contributed by atoms with van der Waals surface area (Å²) in [6, 6.07) is 6.64. The van der Waals surface area contributed by atoms with Crippen molar-refractivity contribution >= 4 is 10.9 Å². The number of fused-ring (bicyclic) bond motifs is 1. The molecule has 0 saturated heterocycles. The molecule has 1 heterocycles. The first-order valence-corrected chi connectivity index (χ1v) is 5.60. The molecule has 0 fully saturated rings. The molecule has 0 bridgehead atoms. The van der Waals surface area contributed by atoms with Crippen molar-refractivity contribution in [2.24, 2.45) is 0 Å². The smallest absolute Gasteiger partial charge is 0.149 e. The van der Waals surface area contributed by atoms with Gasteiger partial charge in [0.2, 0.25) is 0 Å². The third-order valence-corrected chi connectivity index (χ3v) is 2.49. The van der Waals surface area contributed by atoms with Gasteiger partial charge in [-0.15, -0.1) is 6.58 Å². The molecule has 0 N–H and O–H groups in total. The highest BCUT2D eigenvalue weighted by atomic mass is 19.1. The molecule has 0 atom stereocenters. The Kier molecular flexibility index (Phi) is 3.70. The standard InChI is InChI=1S/C14H14FNO/c1-2-3-4-10-17-13-8-9-16-14-11(13)6-5-7-12(14)15/h2,5-9H,1,3-4,10H2. The molecule has 0 saturated carbocycles. The number of ether oxygens (including phenoxy) is 1. The average molecular weight is 231 g/mol. The molecule has 1 aromatic heterocycles. The average Bonchev–Trinajstić information content (AvgIpc) is 2.36. The second-order valence-corrected chi connectivity index (χ2v) is 3.72. The lowest BCUT2D eigenvalue weighted by Crippen LogP contribution is -1.98. The lowest BCUT2D eigenvalue weighted by atomic mass is 10.2. The van der Waals surface area contributed by atoms with E-state index in [1.807, 2.05) is 12.1 Å². The van der Waals surface area contributed by atoms with E-state index in [0.717, 1.165) is 12.8 Å². The Morgan fingerprint density at radius 1 is 1.35 bits per heavy atom. The van der Waals surface area contributed by atoms with Gasteiger partial charge in [0.25, 0.3) is 0 Å². The number of hydrogen-bond acceptors (Lipinski definition) is 2. The van der Waals surface area contributed by atoms with Crippen LogP contribution < -0.4 is 4.74 Å². The lowest BCUT2D eigenvalue weighted by Gasteiger charge is -2.08. The van der Waals surface area contributed by atoms with Crippen LogP contribution in [0.1, 0.15) is 12.8 Å². The molecular weight excluding hydrogens is 217 g/mol. The van der Waals surface area contributed by atoms with E-state index in [0.29, 0.717) is 23.3 Å². The van der Waals surface area contributed by atoms with Crippen LogP contribution in [0.5, 0.6) is 5.75 Å². The van der Waals surface area contributed by atoms with E-state index in [2.05, 4.69) is 11.6 Å². The molecule has 2 rings (SSSR count). The molecule has 0 unspecified atom stereocenters. The van der Waals surface area contributed by atoms with Crippen LogP contribution in [-0.4, -0.2) is 11.6 Å². The largest absolute Gasteiger partial charge is 0.493 e. The highest BCUT2D eigenvalue weighted by Crippen LogP contribution is 2.25. The van der Waals surface area contributed by atoms with E-state index in [1.54, 1.807) is 18.3 Å². The van der Waals surface area contributed by atoms with Crippen LogP contribution in [0.25, 0.3) is 10.9 Å². The zero-order valence-corrected chi connectivity index (χ0v) is 9.53. The van der Waals surface area contributed by atoms with Crippen LogP contribution in [0.15, 0.2) is 43.1 Å². The van der Waals surface area contributed by atoms with Crippen molar-refractivity contribution in [1.29, 1.82) is 0 Å². The maximum absolute atomic E-state index is 13.5. The van der Waals surface area contributed by atoms with Crippen LogP contribution in [-0.2, 0) is 0 Å². The number of benzene rings is 1. The lowest BCUT2D eigenvalue weighted by molar-refractivity contribution is 0.315. The number of nitrogens with zero attached hydrogens (tertiary/aromatic N) is 1. The normalized spacial score (nSPS) is 10.4. The Labute approximate surface area is 99.7 Å². The van der Waals surface area contributed by atoms with Gasteiger partial charge in [-0.3, -0.25) is 4.98 Å². The number of aromatic nitrogens is 1. The van der Waals surface area contributed by atoms with Crippen molar-refractivity contribution in [2.45, 2.75) is 12.8 Å². The van der Waals surface area contributed by atoms with E-state index in [4.69, 9.17) is 4.74 Å². The van der Waals surface area contributed by atoms with Gasteiger partial charge in [-0.1, -0.05) is 12.1 Å². The number of hydrogen-bond donors (Lipinski definition) is 0. The van der Waals surface area contributed by atoms with Gasteiger partial charge in [-0.25, -0.2) is 4.39 Å². The molecule has 2 aromatic rings. The van der Waals surface area contributed by atoms with Crippen molar-refractivity contribution in [3.05, 3.63) is 48.9 Å². The van der Waals surface area contributed by atoms with E-state index in [1.165, 1.54) is 6.07 Å². The highest BCUT2D eigenvalue weighted by molar-refractivity contribution is 5.85. The Hall–Kier alpha value is -1.90. The third-order valence-electron chi connectivity index (χ3n) is 2.49. The second kappa shape index (κ2) is 5.43. The Morgan fingerprint density at radius 3 is 3.06 bits per heavy atom. The third kappa shape index (κ3) is 2.61. The molecule has 2 nitrogen and oxygen atoms in total. The zero-order valence-electron chi connectivity index (χ0n) is 9.53. The molecule has 0 radical (unpaired) electrons. The van der Waals surface area contributed by atoms with Gasteiger partial charge in [0, 0.05) is 11.6 Å². The monoisotopic (exact) mass is 231 g/mol. The molecule has 0 aliphatic carbocycles. The molecule has 0 aliphatic rings. The van der Waals surface area contributed by atoms with E-state index >= 15 is 0 Å². The number of pyridine rings is 1. The number of allylic oxidation sites excluding steroid dienone is 1. The minimum absolute atomic E-state index is 0.320. The first kappa shape index (κ1) is 11.6. The summed E-state index contributed by atoms with van der Waals surface area (Å²) in [5.74, 6) is 0.359. The predicted octanol–water partition coefficient (Wildman–Crippen LogP) is 3.72. The van der Waals surface area contributed by atoms with E-state index in [9.17, 15) is 4.39 Å². The maximum Gasteiger partial charge on any atom is 0.149 e. The topological polar surface area (TPSA) is 22.1 Å². The Balaban J connectivity index is 2.22. The van der Waals surface area contributed by atoms with Crippen molar-refractivity contribution in [1.82, 2.24) is 4.98 Å². The van der Waals surface area contributed by atoms with Gasteiger partial charge >= 0.3 is 0 Å². The molecule has 0 spiro atoms. The first-order valence-electron chi connectivity index (χ1n) is 5.60. The van der Waals surface area contributed by atoms with E-state index < -0.39 is 0 Å². The summed E-state index contributed by atoms with van der Waals surface area (Å²) in [7, 11) is 0. The van der Waals surface area contributed by atoms with Crippen molar-refractivity contribution in [2.75, 3.05) is 6.61 Å². The molecule has 0 aliphatic heterocycles. The molecule has 88 valence electrons. The van der Waals surface area contributed by atoms with Crippen LogP contribution in [0.3, 0.4) is 0 Å². The number of rotatable bonds is 5. The quantitative estimate of drug-likeness (QED) is 0.578. The predicted molar refractivity (Wildman–Crippen MR) is 66.6 cm³/mol. The van der Waals surface area contributed by atoms with Gasteiger partial charge in [0.05, 0.1) is 6.61 Å². The highest BCUT2D eigenvalue weighted by Gasteiger charge is 2.06. The van der Waals surface area contributed by atoms with Crippen LogP contribution >= 0.6 is 0 Å². The van der Waals surface area contributed by atoms with Gasteiger partial charge < -0.3 is 4.74 Å². The fourth-order valence-electron chi connectivity index (χ4n) is 1.65. The summed E-state index contributed by atoms with van der Waals surface area (Å²) >= 11 is 0. The fraction of sp³-hybridized carbons (Fsp3) is 0.214.